The number of nitrogens with zero attached hydrogens (tertiary/aromatic N) is 3. The number of anilines is 2. The Morgan fingerprint density at radius 1 is 1.45 bits per heavy atom. The molecule has 3 aromatic rings. The van der Waals surface area contributed by atoms with Crippen molar-refractivity contribution in [3.05, 3.63) is 40.8 Å². The largest absolute Gasteiger partial charge is 0.760 e. The number of rotatable bonds is 6. The molecule has 0 radical (unpaired) electrons. The van der Waals surface area contributed by atoms with E-state index in [1.165, 1.54) is 40.2 Å². The molecule has 0 bridgehead atoms. The van der Waals surface area contributed by atoms with Gasteiger partial charge in [0.25, 0.3) is 5.91 Å². The lowest BCUT2D eigenvalue weighted by molar-refractivity contribution is 0.100. The second-order valence-electron chi connectivity index (χ2n) is 7.08. The van der Waals surface area contributed by atoms with Gasteiger partial charge in [0, 0.05) is 30.4 Å². The molecule has 2 atom stereocenters. The van der Waals surface area contributed by atoms with Crippen molar-refractivity contribution in [2.75, 3.05) is 18.4 Å². The molecule has 12 heteroatoms. The molecule has 1 aromatic carbocycles. The van der Waals surface area contributed by atoms with Crippen LogP contribution in [0.5, 0.6) is 5.75 Å². The minimum Gasteiger partial charge on any atom is -0.760 e. The first-order valence-corrected chi connectivity index (χ1v) is 11.3. The maximum Gasteiger partial charge on any atom is 0.259 e. The van der Waals surface area contributed by atoms with E-state index in [9.17, 15) is 17.9 Å². The van der Waals surface area contributed by atoms with Gasteiger partial charge in [-0.25, -0.2) is 18.7 Å². The van der Waals surface area contributed by atoms with Gasteiger partial charge < -0.3 is 20.3 Å². The third-order valence-corrected chi connectivity index (χ3v) is 6.96. The summed E-state index contributed by atoms with van der Waals surface area (Å²) >= 11 is -1.16. The van der Waals surface area contributed by atoms with Crippen molar-refractivity contribution in [3.63, 3.8) is 0 Å². The fraction of sp³-hybridized carbons (Fsp3) is 0.316. The molecule has 0 saturated carbocycles. The molecule has 0 aliphatic carbocycles. The van der Waals surface area contributed by atoms with Gasteiger partial charge in [0.1, 0.15) is 34.6 Å². The van der Waals surface area contributed by atoms with Crippen molar-refractivity contribution in [2.45, 2.75) is 25.9 Å². The second kappa shape index (κ2) is 8.83. The number of fused-ring (bicyclic) bond motifs is 1. The van der Waals surface area contributed by atoms with Gasteiger partial charge in [-0.1, -0.05) is 0 Å². The number of hydrogen-bond acceptors (Lipinski definition) is 8. The molecular weight excluding hydrogens is 445 g/mol. The van der Waals surface area contributed by atoms with E-state index in [1.807, 2.05) is 0 Å². The van der Waals surface area contributed by atoms with Gasteiger partial charge in [-0.3, -0.25) is 9.00 Å². The highest BCUT2D eigenvalue weighted by Gasteiger charge is 2.24. The zero-order valence-electron chi connectivity index (χ0n) is 16.5. The summed E-state index contributed by atoms with van der Waals surface area (Å²) in [5.74, 6) is -0.377. The summed E-state index contributed by atoms with van der Waals surface area (Å²) in [5.41, 5.74) is 6.56. The Kier molecular flexibility index (Phi) is 6.14. The highest BCUT2D eigenvalue weighted by atomic mass is 32.2. The third-order valence-electron chi connectivity index (χ3n) is 4.99. The van der Waals surface area contributed by atoms with Crippen LogP contribution in [0.3, 0.4) is 0 Å². The zero-order valence-corrected chi connectivity index (χ0v) is 18.1. The number of hydrogen-bond donors (Lipinski definition) is 2. The van der Waals surface area contributed by atoms with Crippen molar-refractivity contribution in [2.24, 2.45) is 5.73 Å². The normalized spacial score (nSPS) is 18.1. The lowest BCUT2D eigenvalue weighted by Crippen LogP contribution is -2.41. The van der Waals surface area contributed by atoms with E-state index >= 15 is 0 Å². The van der Waals surface area contributed by atoms with Crippen LogP contribution < -0.4 is 15.8 Å². The number of aryl methyl sites for hydroxylation is 1. The number of nitrogens with one attached hydrogen (secondary N) is 1. The quantitative estimate of drug-likeness (QED) is 0.536. The molecular formula is C19H19FN5O4S2-. The summed E-state index contributed by atoms with van der Waals surface area (Å²) < 4.78 is 43.8. The molecule has 4 rings (SSSR count). The number of nitrogens with two attached hydrogens (primary N) is 1. The molecule has 31 heavy (non-hydrogen) atoms. The zero-order chi connectivity index (χ0) is 22.1. The van der Waals surface area contributed by atoms with Crippen LogP contribution in [0.15, 0.2) is 24.5 Å². The molecule has 0 spiro atoms. The summed E-state index contributed by atoms with van der Waals surface area (Å²) in [5, 5.41) is 3.78. The number of primary amides is 1. The van der Waals surface area contributed by atoms with Crippen molar-refractivity contribution in [1.82, 2.24) is 14.3 Å². The van der Waals surface area contributed by atoms with Gasteiger partial charge in [0.05, 0.1) is 16.0 Å². The van der Waals surface area contributed by atoms with Crippen LogP contribution in [0.2, 0.25) is 0 Å². The van der Waals surface area contributed by atoms with Crippen LogP contribution in [0, 0.1) is 12.7 Å². The monoisotopic (exact) mass is 464 g/mol. The first-order chi connectivity index (χ1) is 14.8. The van der Waals surface area contributed by atoms with E-state index in [4.69, 9.17) is 10.5 Å². The topological polar surface area (TPSA) is 134 Å². The number of thiophene rings is 1. The standard InChI is InChI=1S/C19H20FN5O4S2/c1-10-15-18(22-9-23-19(15)30-16(10)17(21)26)24-13-5-4-11(20)7-14(13)29-12-3-2-6-25(8-12)31(27)28/h4-5,7,9,12H,2-3,6,8H2,1H3,(H2,21,26)(H,27,28)(H,22,23,24)/p-1/t12-/m0/s1. The smallest absolute Gasteiger partial charge is 0.259 e. The summed E-state index contributed by atoms with van der Waals surface area (Å²) in [7, 11) is 0. The summed E-state index contributed by atoms with van der Waals surface area (Å²) in [6.45, 7) is 2.38. The van der Waals surface area contributed by atoms with Crippen LogP contribution in [-0.2, 0) is 11.3 Å². The predicted octanol–water partition coefficient (Wildman–Crippen LogP) is 2.62. The van der Waals surface area contributed by atoms with E-state index in [0.29, 0.717) is 51.5 Å². The van der Waals surface area contributed by atoms with Crippen molar-refractivity contribution in [1.29, 1.82) is 0 Å². The Morgan fingerprint density at radius 3 is 3.00 bits per heavy atom. The number of halogens is 1. The number of ether oxygens (including phenoxy) is 1. The van der Waals surface area contributed by atoms with Crippen LogP contribution in [0.4, 0.5) is 15.9 Å². The van der Waals surface area contributed by atoms with Gasteiger partial charge in [-0.05, 0) is 37.5 Å². The van der Waals surface area contributed by atoms with Crippen LogP contribution in [0.25, 0.3) is 10.2 Å². The molecule has 1 aliphatic heterocycles. The molecule has 164 valence electrons. The van der Waals surface area contributed by atoms with E-state index in [-0.39, 0.29) is 12.3 Å². The SMILES string of the molecule is Cc1c(C(N)=O)sc2ncnc(Nc3ccc(F)cc3O[C@H]3CCCN(S(=O)[O-])C3)c12. The Hall–Kier alpha value is -2.67. The number of benzene rings is 1. The Bertz CT molecular complexity index is 1170. The van der Waals surface area contributed by atoms with E-state index < -0.39 is 29.1 Å². The van der Waals surface area contributed by atoms with Crippen LogP contribution in [-0.4, -0.2) is 48.1 Å². The van der Waals surface area contributed by atoms with E-state index in [1.54, 1.807) is 6.92 Å². The van der Waals surface area contributed by atoms with Crippen molar-refractivity contribution in [3.8, 4) is 5.75 Å². The lowest BCUT2D eigenvalue weighted by Gasteiger charge is -2.33. The minimum atomic E-state index is -2.33. The minimum absolute atomic E-state index is 0.190. The van der Waals surface area contributed by atoms with Gasteiger partial charge >= 0.3 is 0 Å². The maximum absolute atomic E-state index is 14.0. The van der Waals surface area contributed by atoms with E-state index in [0.717, 1.165) is 0 Å². The molecule has 1 amide bonds. The van der Waals surface area contributed by atoms with Crippen LogP contribution in [0.1, 0.15) is 28.1 Å². The number of piperidine rings is 1. The molecule has 1 unspecified atom stereocenters. The van der Waals surface area contributed by atoms with Gasteiger partial charge in [0.2, 0.25) is 0 Å². The van der Waals surface area contributed by atoms with Crippen molar-refractivity contribution >= 4 is 50.2 Å². The number of carbonyl (C=O) groups is 1. The maximum atomic E-state index is 14.0. The molecule has 3 heterocycles. The molecule has 9 nitrogen and oxygen atoms in total. The molecule has 1 aliphatic rings. The molecule has 3 N–H and O–H groups in total. The lowest BCUT2D eigenvalue weighted by atomic mass is 10.1. The highest BCUT2D eigenvalue weighted by Crippen LogP contribution is 2.36. The van der Waals surface area contributed by atoms with Crippen molar-refractivity contribution < 1.29 is 22.7 Å². The summed E-state index contributed by atoms with van der Waals surface area (Å²) in [6.07, 6.45) is 2.24. The Balaban J connectivity index is 1.66. The number of carbonyl (C=O) groups excluding carboxylic acids is 1. The molecule has 2 aromatic heterocycles. The summed E-state index contributed by atoms with van der Waals surface area (Å²) in [6, 6.07) is 4.04. The Morgan fingerprint density at radius 2 is 2.26 bits per heavy atom. The van der Waals surface area contributed by atoms with Gasteiger partial charge in [-0.15, -0.1) is 11.3 Å². The predicted molar refractivity (Wildman–Crippen MR) is 114 cm³/mol. The average molecular weight is 465 g/mol. The molecule has 1 saturated heterocycles. The summed E-state index contributed by atoms with van der Waals surface area (Å²) in [4.78, 5) is 21.2. The van der Waals surface area contributed by atoms with E-state index in [2.05, 4.69) is 15.3 Å². The number of amides is 1. The fourth-order valence-electron chi connectivity index (χ4n) is 3.54. The average Bonchev–Trinajstić information content (AvgIpc) is 3.08. The highest BCUT2D eigenvalue weighted by molar-refractivity contribution is 7.76. The van der Waals surface area contributed by atoms with Crippen LogP contribution >= 0.6 is 11.3 Å². The first-order valence-electron chi connectivity index (χ1n) is 9.45. The Labute approximate surface area is 183 Å². The first kappa shape index (κ1) is 21.6. The van der Waals surface area contributed by atoms with Gasteiger partial charge in [0.15, 0.2) is 0 Å². The third kappa shape index (κ3) is 4.51. The second-order valence-corrected chi connectivity index (χ2v) is 9.03. The molecule has 1 fully saturated rings. The number of aromatic nitrogens is 2. The fourth-order valence-corrected chi connectivity index (χ4v) is 5.11. The van der Waals surface area contributed by atoms with Gasteiger partial charge in [-0.2, -0.15) is 0 Å².